The molecule has 1 N–H and O–H groups in total. The SMILES string of the molecule is CC(=O)N1CCCC(C(=O)N(C)CCCO)C1. The van der Waals surface area contributed by atoms with Gasteiger partial charge in [0.05, 0.1) is 5.92 Å². The Bertz CT molecular complexity index is 281. The predicted molar refractivity (Wildman–Crippen MR) is 64.3 cm³/mol. The molecule has 0 spiro atoms. The second-order valence-electron chi connectivity index (χ2n) is 4.64. The highest BCUT2D eigenvalue weighted by Gasteiger charge is 2.28. The summed E-state index contributed by atoms with van der Waals surface area (Å²) in [6, 6.07) is 0. The fraction of sp³-hybridized carbons (Fsp3) is 0.833. The van der Waals surface area contributed by atoms with E-state index in [9.17, 15) is 9.59 Å². The van der Waals surface area contributed by atoms with E-state index in [1.165, 1.54) is 0 Å². The van der Waals surface area contributed by atoms with Gasteiger partial charge >= 0.3 is 0 Å². The fourth-order valence-electron chi connectivity index (χ4n) is 2.19. The topological polar surface area (TPSA) is 60.9 Å². The maximum absolute atomic E-state index is 12.1. The molecule has 0 aromatic carbocycles. The van der Waals surface area contributed by atoms with E-state index in [1.807, 2.05) is 0 Å². The smallest absolute Gasteiger partial charge is 0.227 e. The lowest BCUT2D eigenvalue weighted by atomic mass is 9.96. The standard InChI is InChI=1S/C12H22N2O3/c1-10(16)14-7-3-5-11(9-14)12(17)13(2)6-4-8-15/h11,15H,3-9H2,1-2H3. The van der Waals surface area contributed by atoms with Gasteiger partial charge < -0.3 is 14.9 Å². The lowest BCUT2D eigenvalue weighted by molar-refractivity contribution is -0.139. The number of likely N-dealkylation sites (tertiary alicyclic amines) is 1. The molecule has 98 valence electrons. The first-order valence-corrected chi connectivity index (χ1v) is 6.17. The third-order valence-electron chi connectivity index (χ3n) is 3.24. The van der Waals surface area contributed by atoms with Crippen LogP contribution in [0.15, 0.2) is 0 Å². The van der Waals surface area contributed by atoms with E-state index in [1.54, 1.807) is 23.8 Å². The maximum atomic E-state index is 12.1. The van der Waals surface area contributed by atoms with Gasteiger partial charge in [-0.15, -0.1) is 0 Å². The molecule has 0 bridgehead atoms. The highest BCUT2D eigenvalue weighted by Crippen LogP contribution is 2.18. The molecule has 1 aliphatic rings. The Balaban J connectivity index is 2.48. The van der Waals surface area contributed by atoms with Gasteiger partial charge in [0, 0.05) is 40.2 Å². The van der Waals surface area contributed by atoms with Crippen molar-refractivity contribution in [3.05, 3.63) is 0 Å². The molecular weight excluding hydrogens is 220 g/mol. The average Bonchev–Trinajstić information content (AvgIpc) is 2.35. The maximum Gasteiger partial charge on any atom is 0.227 e. The van der Waals surface area contributed by atoms with Crippen LogP contribution in [0.2, 0.25) is 0 Å². The molecule has 17 heavy (non-hydrogen) atoms. The minimum absolute atomic E-state index is 0.0421. The molecule has 0 saturated carbocycles. The van der Waals surface area contributed by atoms with Crippen LogP contribution in [0.25, 0.3) is 0 Å². The Morgan fingerprint density at radius 2 is 2.18 bits per heavy atom. The van der Waals surface area contributed by atoms with E-state index in [0.717, 1.165) is 19.4 Å². The normalized spacial score (nSPS) is 20.2. The highest BCUT2D eigenvalue weighted by molar-refractivity contribution is 5.80. The summed E-state index contributed by atoms with van der Waals surface area (Å²) < 4.78 is 0. The molecule has 0 aromatic rings. The Kier molecular flexibility index (Phi) is 5.41. The Hall–Kier alpha value is -1.10. The lowest BCUT2D eigenvalue weighted by Crippen LogP contribution is -2.45. The molecule has 1 aliphatic heterocycles. The van der Waals surface area contributed by atoms with Gasteiger partial charge in [0.2, 0.25) is 11.8 Å². The van der Waals surface area contributed by atoms with Crippen LogP contribution in [-0.4, -0.2) is 60.0 Å². The number of aliphatic hydroxyl groups excluding tert-OH is 1. The first-order valence-electron chi connectivity index (χ1n) is 6.17. The first-order chi connectivity index (χ1) is 8.06. The van der Waals surface area contributed by atoms with Crippen LogP contribution in [-0.2, 0) is 9.59 Å². The lowest BCUT2D eigenvalue weighted by Gasteiger charge is -2.33. The Morgan fingerprint density at radius 3 is 2.76 bits per heavy atom. The average molecular weight is 242 g/mol. The minimum Gasteiger partial charge on any atom is -0.396 e. The summed E-state index contributed by atoms with van der Waals surface area (Å²) in [7, 11) is 1.75. The van der Waals surface area contributed by atoms with Crippen LogP contribution < -0.4 is 0 Å². The first kappa shape index (κ1) is 14.0. The van der Waals surface area contributed by atoms with Crippen molar-refractivity contribution in [3.8, 4) is 0 Å². The second-order valence-corrected chi connectivity index (χ2v) is 4.64. The molecule has 1 fully saturated rings. The molecule has 2 amide bonds. The van der Waals surface area contributed by atoms with Gasteiger partial charge in [-0.3, -0.25) is 9.59 Å². The third-order valence-corrected chi connectivity index (χ3v) is 3.24. The van der Waals surface area contributed by atoms with E-state index in [2.05, 4.69) is 0 Å². The summed E-state index contributed by atoms with van der Waals surface area (Å²) in [5.74, 6) is 0.0567. The zero-order valence-electron chi connectivity index (χ0n) is 10.7. The number of carbonyl (C=O) groups is 2. The van der Waals surface area contributed by atoms with Crippen molar-refractivity contribution in [1.29, 1.82) is 0 Å². The number of nitrogens with zero attached hydrogens (tertiary/aromatic N) is 2. The number of hydrogen-bond acceptors (Lipinski definition) is 3. The van der Waals surface area contributed by atoms with Crippen LogP contribution in [0.3, 0.4) is 0 Å². The van der Waals surface area contributed by atoms with Crippen molar-refractivity contribution >= 4 is 11.8 Å². The van der Waals surface area contributed by atoms with Gasteiger partial charge in [-0.1, -0.05) is 0 Å². The Morgan fingerprint density at radius 1 is 1.47 bits per heavy atom. The van der Waals surface area contributed by atoms with Crippen LogP contribution in [0.4, 0.5) is 0 Å². The number of aliphatic hydroxyl groups is 1. The summed E-state index contributed by atoms with van der Waals surface area (Å²) in [5.41, 5.74) is 0. The highest BCUT2D eigenvalue weighted by atomic mass is 16.3. The summed E-state index contributed by atoms with van der Waals surface area (Å²) in [4.78, 5) is 26.8. The molecule has 1 atom stereocenters. The molecule has 0 radical (unpaired) electrons. The van der Waals surface area contributed by atoms with Crippen LogP contribution >= 0.6 is 0 Å². The molecule has 0 aliphatic carbocycles. The van der Waals surface area contributed by atoms with Gasteiger partial charge in [-0.2, -0.15) is 0 Å². The van der Waals surface area contributed by atoms with E-state index >= 15 is 0 Å². The molecule has 5 nitrogen and oxygen atoms in total. The molecule has 1 heterocycles. The molecular formula is C12H22N2O3. The largest absolute Gasteiger partial charge is 0.396 e. The predicted octanol–water partition coefficient (Wildman–Crippen LogP) is 0.0857. The number of amides is 2. The van der Waals surface area contributed by atoms with Crippen molar-refractivity contribution in [3.63, 3.8) is 0 Å². The van der Waals surface area contributed by atoms with E-state index < -0.39 is 0 Å². The van der Waals surface area contributed by atoms with Crippen molar-refractivity contribution in [2.45, 2.75) is 26.2 Å². The van der Waals surface area contributed by atoms with E-state index in [0.29, 0.717) is 19.5 Å². The second kappa shape index (κ2) is 6.59. The van der Waals surface area contributed by atoms with Crippen molar-refractivity contribution in [2.75, 3.05) is 33.3 Å². The Labute approximate surface area is 102 Å². The van der Waals surface area contributed by atoms with Crippen molar-refractivity contribution < 1.29 is 14.7 Å². The number of rotatable bonds is 4. The van der Waals surface area contributed by atoms with Crippen molar-refractivity contribution in [1.82, 2.24) is 9.80 Å². The number of hydrogen-bond donors (Lipinski definition) is 1. The molecule has 1 unspecified atom stereocenters. The van der Waals surface area contributed by atoms with Crippen molar-refractivity contribution in [2.24, 2.45) is 5.92 Å². The van der Waals surface area contributed by atoms with Crippen LogP contribution in [0, 0.1) is 5.92 Å². The van der Waals surface area contributed by atoms with Gasteiger partial charge in [-0.05, 0) is 19.3 Å². The van der Waals surface area contributed by atoms with E-state index in [-0.39, 0.29) is 24.3 Å². The number of piperidine rings is 1. The monoisotopic (exact) mass is 242 g/mol. The van der Waals surface area contributed by atoms with Crippen LogP contribution in [0.5, 0.6) is 0 Å². The van der Waals surface area contributed by atoms with Gasteiger partial charge in [0.1, 0.15) is 0 Å². The van der Waals surface area contributed by atoms with E-state index in [4.69, 9.17) is 5.11 Å². The van der Waals surface area contributed by atoms with Gasteiger partial charge in [-0.25, -0.2) is 0 Å². The van der Waals surface area contributed by atoms with Crippen LogP contribution in [0.1, 0.15) is 26.2 Å². The summed E-state index contributed by atoms with van der Waals surface area (Å²) in [5, 5.41) is 8.73. The summed E-state index contributed by atoms with van der Waals surface area (Å²) in [6.45, 7) is 3.52. The quantitative estimate of drug-likeness (QED) is 0.760. The molecule has 1 rings (SSSR count). The zero-order chi connectivity index (χ0) is 12.8. The molecule has 1 saturated heterocycles. The fourth-order valence-corrected chi connectivity index (χ4v) is 2.19. The molecule has 5 heteroatoms. The zero-order valence-corrected chi connectivity index (χ0v) is 10.7. The third kappa shape index (κ3) is 4.00. The number of carbonyl (C=O) groups excluding carboxylic acids is 2. The molecule has 0 aromatic heterocycles. The summed E-state index contributed by atoms with van der Waals surface area (Å²) >= 11 is 0. The van der Waals surface area contributed by atoms with Gasteiger partial charge in [0.25, 0.3) is 0 Å². The van der Waals surface area contributed by atoms with Gasteiger partial charge in [0.15, 0.2) is 0 Å². The minimum atomic E-state index is -0.0728. The summed E-state index contributed by atoms with van der Waals surface area (Å²) in [6.07, 6.45) is 2.35.